The van der Waals surface area contributed by atoms with Gasteiger partial charge in [0, 0.05) is 0 Å². The van der Waals surface area contributed by atoms with E-state index in [-0.39, 0.29) is 0 Å². The lowest BCUT2D eigenvalue weighted by Crippen LogP contribution is -1.87. The molecule has 0 heterocycles. The van der Waals surface area contributed by atoms with Crippen LogP contribution in [-0.2, 0) is 0 Å². The third-order valence-corrected chi connectivity index (χ3v) is 7.24. The minimum absolute atomic E-state index is 1.22. The Labute approximate surface area is 225 Å². The van der Waals surface area contributed by atoms with Crippen molar-refractivity contribution in [1.82, 2.24) is 0 Å². The molecule has 0 saturated heterocycles. The first kappa shape index (κ1) is 23.7. The molecule has 0 fully saturated rings. The number of aryl methyl sites for hydroxylation is 2. The van der Waals surface area contributed by atoms with Crippen LogP contribution in [0.3, 0.4) is 0 Å². The maximum atomic E-state index is 2.26. The minimum Gasteiger partial charge on any atom is -0.0616 e. The topological polar surface area (TPSA) is 0 Å². The monoisotopic (exact) mass is 486 g/mol. The summed E-state index contributed by atoms with van der Waals surface area (Å²) in [4.78, 5) is 0. The highest BCUT2D eigenvalue weighted by Crippen LogP contribution is 2.35. The van der Waals surface area contributed by atoms with Gasteiger partial charge in [-0.1, -0.05) is 157 Å². The Bertz CT molecular complexity index is 1570. The second-order valence-electron chi connectivity index (χ2n) is 9.98. The Hall–Kier alpha value is -4.68. The van der Waals surface area contributed by atoms with Gasteiger partial charge in [-0.3, -0.25) is 0 Å². The molecule has 0 aliphatic rings. The first-order valence-corrected chi connectivity index (χ1v) is 13.2. The molecule has 38 heavy (non-hydrogen) atoms. The molecule has 0 N–H and O–H groups in total. The average molecular weight is 487 g/mol. The molecule has 0 heteroatoms. The summed E-state index contributed by atoms with van der Waals surface area (Å²) >= 11 is 0. The zero-order chi connectivity index (χ0) is 25.9. The van der Waals surface area contributed by atoms with Crippen molar-refractivity contribution in [3.8, 4) is 55.6 Å². The summed E-state index contributed by atoms with van der Waals surface area (Å²) in [7, 11) is 0. The van der Waals surface area contributed by atoms with Crippen molar-refractivity contribution in [2.45, 2.75) is 13.8 Å². The van der Waals surface area contributed by atoms with E-state index in [0.717, 1.165) is 0 Å². The van der Waals surface area contributed by atoms with E-state index >= 15 is 0 Å². The van der Waals surface area contributed by atoms with E-state index in [1.165, 1.54) is 66.8 Å². The quantitative estimate of drug-likeness (QED) is 0.227. The van der Waals surface area contributed by atoms with Crippen molar-refractivity contribution in [3.63, 3.8) is 0 Å². The molecule has 6 rings (SSSR count). The van der Waals surface area contributed by atoms with Crippen LogP contribution < -0.4 is 0 Å². The normalized spacial score (nSPS) is 10.9. The Morgan fingerprint density at radius 3 is 0.921 bits per heavy atom. The van der Waals surface area contributed by atoms with E-state index in [2.05, 4.69) is 159 Å². The molecule has 182 valence electrons. The summed E-state index contributed by atoms with van der Waals surface area (Å²) < 4.78 is 0. The van der Waals surface area contributed by atoms with Crippen LogP contribution in [0.15, 0.2) is 146 Å². The lowest BCUT2D eigenvalue weighted by molar-refractivity contribution is 1.46. The summed E-state index contributed by atoms with van der Waals surface area (Å²) in [6.45, 7) is 4.29. The van der Waals surface area contributed by atoms with Gasteiger partial charge in [-0.2, -0.15) is 0 Å². The molecule has 0 aromatic heterocycles. The van der Waals surface area contributed by atoms with Crippen LogP contribution in [0, 0.1) is 13.8 Å². The summed E-state index contributed by atoms with van der Waals surface area (Å²) in [5.74, 6) is 0. The maximum Gasteiger partial charge on any atom is -0.0105 e. The summed E-state index contributed by atoms with van der Waals surface area (Å²) in [6.07, 6.45) is 0. The Balaban J connectivity index is 1.30. The van der Waals surface area contributed by atoms with Crippen LogP contribution in [0.2, 0.25) is 0 Å². The van der Waals surface area contributed by atoms with Gasteiger partial charge in [0.25, 0.3) is 0 Å². The van der Waals surface area contributed by atoms with Crippen LogP contribution in [0.4, 0.5) is 0 Å². The average Bonchev–Trinajstić information content (AvgIpc) is 2.97. The summed E-state index contributed by atoms with van der Waals surface area (Å²) in [6, 6.07) is 52.7. The Morgan fingerprint density at radius 2 is 0.579 bits per heavy atom. The second kappa shape index (κ2) is 10.4. The van der Waals surface area contributed by atoms with Crippen molar-refractivity contribution in [3.05, 3.63) is 157 Å². The lowest BCUT2D eigenvalue weighted by Gasteiger charge is -2.13. The fourth-order valence-corrected chi connectivity index (χ4v) is 5.28. The van der Waals surface area contributed by atoms with Crippen molar-refractivity contribution in [2.24, 2.45) is 0 Å². The van der Waals surface area contributed by atoms with Crippen LogP contribution in [0.5, 0.6) is 0 Å². The molecule has 0 saturated carbocycles. The first-order chi connectivity index (χ1) is 18.7. The van der Waals surface area contributed by atoms with Crippen LogP contribution in [0.25, 0.3) is 55.6 Å². The predicted molar refractivity (Wildman–Crippen MR) is 163 cm³/mol. The van der Waals surface area contributed by atoms with E-state index in [0.29, 0.717) is 0 Å². The number of benzene rings is 6. The van der Waals surface area contributed by atoms with E-state index in [1.54, 1.807) is 0 Å². The number of hydrogen-bond donors (Lipinski definition) is 0. The van der Waals surface area contributed by atoms with E-state index < -0.39 is 0 Å². The van der Waals surface area contributed by atoms with Crippen LogP contribution >= 0.6 is 0 Å². The van der Waals surface area contributed by atoms with Gasteiger partial charge in [0.2, 0.25) is 0 Å². The molecule has 0 radical (unpaired) electrons. The van der Waals surface area contributed by atoms with Gasteiger partial charge in [0.05, 0.1) is 0 Å². The fraction of sp³-hybridized carbons (Fsp3) is 0.0526. The number of rotatable bonds is 5. The Kier molecular flexibility index (Phi) is 6.46. The third-order valence-electron chi connectivity index (χ3n) is 7.24. The van der Waals surface area contributed by atoms with Gasteiger partial charge in [-0.15, -0.1) is 0 Å². The Morgan fingerprint density at radius 1 is 0.263 bits per heavy atom. The van der Waals surface area contributed by atoms with Gasteiger partial charge < -0.3 is 0 Å². The number of hydrogen-bond acceptors (Lipinski definition) is 0. The molecule has 0 atom stereocenters. The minimum atomic E-state index is 1.22. The molecule has 6 aromatic rings. The molecule has 0 aliphatic carbocycles. The van der Waals surface area contributed by atoms with Gasteiger partial charge in [-0.25, -0.2) is 0 Å². The van der Waals surface area contributed by atoms with Crippen molar-refractivity contribution in [2.75, 3.05) is 0 Å². The summed E-state index contributed by atoms with van der Waals surface area (Å²) in [5, 5.41) is 0. The zero-order valence-electron chi connectivity index (χ0n) is 21.9. The summed E-state index contributed by atoms with van der Waals surface area (Å²) in [5.41, 5.74) is 15.0. The molecular weight excluding hydrogens is 456 g/mol. The molecule has 0 aliphatic heterocycles. The van der Waals surface area contributed by atoms with Crippen molar-refractivity contribution in [1.29, 1.82) is 0 Å². The molecule has 0 amide bonds. The van der Waals surface area contributed by atoms with Crippen molar-refractivity contribution >= 4 is 0 Å². The first-order valence-electron chi connectivity index (χ1n) is 13.2. The highest BCUT2D eigenvalue weighted by Gasteiger charge is 2.10. The van der Waals surface area contributed by atoms with Gasteiger partial charge in [-0.05, 0) is 69.5 Å². The van der Waals surface area contributed by atoms with Crippen LogP contribution in [-0.4, -0.2) is 0 Å². The smallest absolute Gasteiger partial charge is 0.0105 e. The van der Waals surface area contributed by atoms with Gasteiger partial charge >= 0.3 is 0 Å². The molecule has 0 nitrogen and oxygen atoms in total. The fourth-order valence-electron chi connectivity index (χ4n) is 5.28. The van der Waals surface area contributed by atoms with Crippen LogP contribution in [0.1, 0.15) is 11.1 Å². The van der Waals surface area contributed by atoms with Crippen molar-refractivity contribution < 1.29 is 0 Å². The van der Waals surface area contributed by atoms with E-state index in [4.69, 9.17) is 0 Å². The van der Waals surface area contributed by atoms with E-state index in [9.17, 15) is 0 Å². The molecule has 0 bridgehead atoms. The molecular formula is C38H30. The lowest BCUT2D eigenvalue weighted by atomic mass is 9.91. The van der Waals surface area contributed by atoms with Gasteiger partial charge in [0.15, 0.2) is 0 Å². The highest BCUT2D eigenvalue weighted by atomic mass is 14.1. The molecule has 0 spiro atoms. The second-order valence-corrected chi connectivity index (χ2v) is 9.98. The third kappa shape index (κ3) is 4.82. The SMILES string of the molecule is Cc1cccc(-c2ccccc2-c2ccc(-c3ccc(-c4ccccc4-c4cccc(C)c4)cc3)cc2)c1. The van der Waals surface area contributed by atoms with E-state index in [1.807, 2.05) is 0 Å². The maximum absolute atomic E-state index is 2.26. The largest absolute Gasteiger partial charge is 0.0616 e. The predicted octanol–water partition coefficient (Wildman–Crippen LogP) is 10.6. The standard InChI is InChI=1S/C38H30/c1-27-9-7-11-33(25-27)37-15-5-3-13-35(37)31-21-17-29(18-22-31)30-19-23-32(24-20-30)36-14-4-6-16-38(36)34-12-8-10-28(2)26-34/h3-26H,1-2H3. The highest BCUT2D eigenvalue weighted by molar-refractivity contribution is 5.86. The molecule has 0 unspecified atom stereocenters. The zero-order valence-corrected chi connectivity index (χ0v) is 21.9. The molecule has 6 aromatic carbocycles. The van der Waals surface area contributed by atoms with Gasteiger partial charge in [0.1, 0.15) is 0 Å².